The molecule has 1 aliphatic rings. The van der Waals surface area contributed by atoms with Crippen molar-refractivity contribution in [1.29, 1.82) is 0 Å². The SMILES string of the molecule is CC1CCNC(=O)C1C. The Hall–Kier alpha value is -0.530. The molecule has 1 rings (SSSR count). The van der Waals surface area contributed by atoms with Crippen molar-refractivity contribution in [3.63, 3.8) is 0 Å². The molecule has 2 unspecified atom stereocenters. The van der Waals surface area contributed by atoms with Gasteiger partial charge in [-0.2, -0.15) is 0 Å². The highest BCUT2D eigenvalue weighted by atomic mass is 16.1. The Kier molecular flexibility index (Phi) is 1.74. The first-order valence-electron chi connectivity index (χ1n) is 3.49. The monoisotopic (exact) mass is 127 g/mol. The third kappa shape index (κ3) is 1.23. The third-order valence-electron chi connectivity index (χ3n) is 2.17. The summed E-state index contributed by atoms with van der Waals surface area (Å²) in [5.41, 5.74) is 0. The molecule has 9 heavy (non-hydrogen) atoms. The van der Waals surface area contributed by atoms with Gasteiger partial charge < -0.3 is 5.32 Å². The van der Waals surface area contributed by atoms with Gasteiger partial charge in [0.2, 0.25) is 5.91 Å². The lowest BCUT2D eigenvalue weighted by atomic mass is 9.89. The van der Waals surface area contributed by atoms with Crippen molar-refractivity contribution in [2.45, 2.75) is 20.3 Å². The summed E-state index contributed by atoms with van der Waals surface area (Å²) in [4.78, 5) is 10.9. The topological polar surface area (TPSA) is 29.1 Å². The predicted octanol–water partition coefficient (Wildman–Crippen LogP) is 0.778. The van der Waals surface area contributed by atoms with Crippen LogP contribution in [0.2, 0.25) is 0 Å². The van der Waals surface area contributed by atoms with Gasteiger partial charge in [0.25, 0.3) is 0 Å². The summed E-state index contributed by atoms with van der Waals surface area (Å²) in [6.07, 6.45) is 1.13. The second kappa shape index (κ2) is 2.38. The quantitative estimate of drug-likeness (QED) is 0.512. The van der Waals surface area contributed by atoms with Crippen molar-refractivity contribution in [1.82, 2.24) is 5.32 Å². The van der Waals surface area contributed by atoms with Crippen LogP contribution in [0.1, 0.15) is 20.3 Å². The number of amides is 1. The van der Waals surface area contributed by atoms with E-state index < -0.39 is 0 Å². The van der Waals surface area contributed by atoms with Crippen LogP contribution in [0.15, 0.2) is 0 Å². The van der Waals surface area contributed by atoms with E-state index >= 15 is 0 Å². The van der Waals surface area contributed by atoms with Crippen LogP contribution in [0, 0.1) is 11.8 Å². The van der Waals surface area contributed by atoms with Gasteiger partial charge in [0.05, 0.1) is 0 Å². The summed E-state index contributed by atoms with van der Waals surface area (Å²) in [5, 5.41) is 2.82. The number of rotatable bonds is 0. The molecule has 2 atom stereocenters. The number of piperidine rings is 1. The molecule has 0 aliphatic carbocycles. The van der Waals surface area contributed by atoms with Gasteiger partial charge in [-0.05, 0) is 12.3 Å². The average Bonchev–Trinajstić information content (AvgIpc) is 1.83. The van der Waals surface area contributed by atoms with Crippen molar-refractivity contribution in [2.75, 3.05) is 6.54 Å². The molecule has 1 aliphatic heterocycles. The van der Waals surface area contributed by atoms with E-state index in [4.69, 9.17) is 0 Å². The van der Waals surface area contributed by atoms with Crippen LogP contribution < -0.4 is 5.32 Å². The minimum Gasteiger partial charge on any atom is -0.356 e. The first kappa shape index (κ1) is 6.59. The van der Waals surface area contributed by atoms with E-state index in [1.807, 2.05) is 6.92 Å². The fraction of sp³-hybridized carbons (Fsp3) is 0.857. The molecule has 1 heterocycles. The zero-order chi connectivity index (χ0) is 6.85. The first-order chi connectivity index (χ1) is 4.22. The van der Waals surface area contributed by atoms with E-state index in [0.717, 1.165) is 13.0 Å². The maximum atomic E-state index is 10.9. The smallest absolute Gasteiger partial charge is 0.223 e. The summed E-state index contributed by atoms with van der Waals surface area (Å²) in [5.74, 6) is 1.01. The second-order valence-electron chi connectivity index (χ2n) is 2.85. The molecular formula is C7H13NO. The maximum Gasteiger partial charge on any atom is 0.223 e. The van der Waals surface area contributed by atoms with Gasteiger partial charge in [0.15, 0.2) is 0 Å². The highest BCUT2D eigenvalue weighted by Gasteiger charge is 2.23. The molecule has 52 valence electrons. The molecule has 0 aromatic heterocycles. The van der Waals surface area contributed by atoms with Crippen molar-refractivity contribution >= 4 is 5.91 Å². The minimum atomic E-state index is 0.216. The fourth-order valence-corrected chi connectivity index (χ4v) is 1.09. The molecule has 0 bridgehead atoms. The predicted molar refractivity (Wildman–Crippen MR) is 36.0 cm³/mol. The van der Waals surface area contributed by atoms with Gasteiger partial charge in [-0.15, -0.1) is 0 Å². The molecule has 1 N–H and O–H groups in total. The van der Waals surface area contributed by atoms with E-state index in [0.29, 0.717) is 5.92 Å². The summed E-state index contributed by atoms with van der Waals surface area (Å²) in [7, 11) is 0. The van der Waals surface area contributed by atoms with Crippen LogP contribution in [0.4, 0.5) is 0 Å². The Morgan fingerprint density at radius 1 is 1.56 bits per heavy atom. The van der Waals surface area contributed by atoms with Crippen LogP contribution >= 0.6 is 0 Å². The van der Waals surface area contributed by atoms with Crippen LogP contribution in [-0.2, 0) is 4.79 Å². The highest BCUT2D eigenvalue weighted by Crippen LogP contribution is 2.17. The number of hydrogen-bond donors (Lipinski definition) is 1. The zero-order valence-corrected chi connectivity index (χ0v) is 5.98. The Labute approximate surface area is 55.6 Å². The molecule has 1 amide bonds. The summed E-state index contributed by atoms with van der Waals surface area (Å²) in [6, 6.07) is 0. The van der Waals surface area contributed by atoms with Crippen molar-refractivity contribution in [2.24, 2.45) is 11.8 Å². The van der Waals surface area contributed by atoms with Crippen LogP contribution in [0.5, 0.6) is 0 Å². The number of hydrogen-bond acceptors (Lipinski definition) is 1. The standard InChI is InChI=1S/C7H13NO/c1-5-3-4-8-7(9)6(5)2/h5-6H,3-4H2,1-2H3,(H,8,9). The van der Waals surface area contributed by atoms with E-state index in [2.05, 4.69) is 12.2 Å². The van der Waals surface area contributed by atoms with E-state index in [9.17, 15) is 4.79 Å². The van der Waals surface area contributed by atoms with Gasteiger partial charge in [0, 0.05) is 12.5 Å². The lowest BCUT2D eigenvalue weighted by Gasteiger charge is -2.24. The molecule has 2 heteroatoms. The number of carbonyl (C=O) groups is 1. The number of carbonyl (C=O) groups excluding carboxylic acids is 1. The lowest BCUT2D eigenvalue weighted by Crippen LogP contribution is -2.39. The summed E-state index contributed by atoms with van der Waals surface area (Å²) < 4.78 is 0. The van der Waals surface area contributed by atoms with Crippen molar-refractivity contribution in [3.8, 4) is 0 Å². The minimum absolute atomic E-state index is 0.216. The van der Waals surface area contributed by atoms with Gasteiger partial charge >= 0.3 is 0 Å². The number of nitrogens with one attached hydrogen (secondary N) is 1. The maximum absolute atomic E-state index is 10.9. The van der Waals surface area contributed by atoms with Gasteiger partial charge in [0.1, 0.15) is 0 Å². The molecule has 1 fully saturated rings. The van der Waals surface area contributed by atoms with Gasteiger partial charge in [-0.1, -0.05) is 13.8 Å². The third-order valence-corrected chi connectivity index (χ3v) is 2.17. The normalized spacial score (nSPS) is 36.0. The van der Waals surface area contributed by atoms with E-state index in [1.54, 1.807) is 0 Å². The molecule has 0 saturated carbocycles. The zero-order valence-electron chi connectivity index (χ0n) is 5.98. The van der Waals surface area contributed by atoms with E-state index in [1.165, 1.54) is 0 Å². The van der Waals surface area contributed by atoms with Crippen molar-refractivity contribution < 1.29 is 4.79 Å². The highest BCUT2D eigenvalue weighted by molar-refractivity contribution is 5.79. The Morgan fingerprint density at radius 3 is 2.67 bits per heavy atom. The fourth-order valence-electron chi connectivity index (χ4n) is 1.09. The largest absolute Gasteiger partial charge is 0.356 e. The average molecular weight is 127 g/mol. The molecule has 2 nitrogen and oxygen atoms in total. The van der Waals surface area contributed by atoms with Crippen LogP contribution in [0.25, 0.3) is 0 Å². The molecule has 0 radical (unpaired) electrons. The Balaban J connectivity index is 2.51. The van der Waals surface area contributed by atoms with Gasteiger partial charge in [-0.3, -0.25) is 4.79 Å². The Morgan fingerprint density at radius 2 is 2.22 bits per heavy atom. The van der Waals surface area contributed by atoms with Crippen LogP contribution in [0.3, 0.4) is 0 Å². The molecule has 0 spiro atoms. The molecular weight excluding hydrogens is 114 g/mol. The Bertz CT molecular complexity index is 122. The summed E-state index contributed by atoms with van der Waals surface area (Å²) in [6.45, 7) is 4.98. The lowest BCUT2D eigenvalue weighted by molar-refractivity contribution is -0.127. The van der Waals surface area contributed by atoms with Crippen molar-refractivity contribution in [3.05, 3.63) is 0 Å². The second-order valence-corrected chi connectivity index (χ2v) is 2.85. The van der Waals surface area contributed by atoms with Crippen LogP contribution in [-0.4, -0.2) is 12.5 Å². The molecule has 0 aromatic carbocycles. The molecule has 1 saturated heterocycles. The van der Waals surface area contributed by atoms with Gasteiger partial charge in [-0.25, -0.2) is 0 Å². The summed E-state index contributed by atoms with van der Waals surface area (Å²) >= 11 is 0. The first-order valence-corrected chi connectivity index (χ1v) is 3.49. The molecule has 0 aromatic rings. The van der Waals surface area contributed by atoms with E-state index in [-0.39, 0.29) is 11.8 Å².